The average molecular weight is 525 g/mol. The highest BCUT2D eigenvalue weighted by Gasteiger charge is 2.48. The Morgan fingerprint density at radius 2 is 1.72 bits per heavy atom. The number of hydrogen-bond acceptors (Lipinski definition) is 7. The van der Waals surface area contributed by atoms with E-state index in [9.17, 15) is 19.6 Å². The molecule has 2 atom stereocenters. The second-order valence-corrected chi connectivity index (χ2v) is 9.51. The summed E-state index contributed by atoms with van der Waals surface area (Å²) in [5, 5.41) is 29.8. The van der Waals surface area contributed by atoms with Crippen LogP contribution in [0.4, 0.5) is 0 Å². The zero-order valence-corrected chi connectivity index (χ0v) is 21.1. The lowest BCUT2D eigenvalue weighted by Crippen LogP contribution is -2.56. The molecule has 1 unspecified atom stereocenters. The molecule has 0 aliphatic carbocycles. The molecular weight excluding hydrogens is 497 g/mol. The molecule has 10 nitrogen and oxygen atoms in total. The molecule has 0 spiro atoms. The third-order valence-electron chi connectivity index (χ3n) is 6.67. The van der Waals surface area contributed by atoms with E-state index in [1.807, 2.05) is 60.7 Å². The maximum absolute atomic E-state index is 13.7. The van der Waals surface area contributed by atoms with Crippen LogP contribution in [-0.2, 0) is 22.5 Å². The van der Waals surface area contributed by atoms with Gasteiger partial charge in [-0.25, -0.2) is 4.98 Å². The van der Waals surface area contributed by atoms with Crippen molar-refractivity contribution >= 4 is 30.3 Å². The van der Waals surface area contributed by atoms with Gasteiger partial charge in [0.05, 0.1) is 18.2 Å². The van der Waals surface area contributed by atoms with Crippen molar-refractivity contribution < 1.29 is 24.5 Å². The average Bonchev–Trinajstić information content (AvgIpc) is 3.60. The highest BCUT2D eigenvalue weighted by Crippen LogP contribution is 2.29. The van der Waals surface area contributed by atoms with Crippen LogP contribution in [0.3, 0.4) is 0 Å². The molecule has 0 bridgehead atoms. The molecule has 0 fully saturated rings. The lowest BCUT2D eigenvalue weighted by molar-refractivity contribution is -0.144. The summed E-state index contributed by atoms with van der Waals surface area (Å²) in [5.74, 6) is -1.80. The minimum atomic E-state index is -1.78. The molecule has 5 rings (SSSR count). The van der Waals surface area contributed by atoms with Crippen LogP contribution in [0.1, 0.15) is 28.0 Å². The third kappa shape index (κ3) is 6.00. The molecule has 2 aromatic heterocycles. The summed E-state index contributed by atoms with van der Waals surface area (Å²) in [6.45, 7) is 0.0732. The molecule has 4 aromatic rings. The fraction of sp³-hybridized carbons (Fsp3) is 0.214. The topological polar surface area (TPSA) is 138 Å². The van der Waals surface area contributed by atoms with Crippen LogP contribution in [0.25, 0.3) is 5.65 Å². The lowest BCUT2D eigenvalue weighted by atomic mass is 9.75. The quantitative estimate of drug-likeness (QED) is 0.232. The van der Waals surface area contributed by atoms with Gasteiger partial charge < -0.3 is 25.5 Å². The van der Waals surface area contributed by atoms with Crippen LogP contribution in [0, 0.1) is 0 Å². The van der Waals surface area contributed by atoms with Crippen molar-refractivity contribution in [2.24, 2.45) is 5.16 Å². The Labute approximate surface area is 225 Å². The van der Waals surface area contributed by atoms with Crippen LogP contribution >= 0.6 is 0 Å². The van der Waals surface area contributed by atoms with E-state index in [-0.39, 0.29) is 31.7 Å². The van der Waals surface area contributed by atoms with E-state index in [4.69, 9.17) is 4.84 Å². The highest BCUT2D eigenvalue weighted by molar-refractivity contribution is 6.43. The number of fused-ring (bicyclic) bond motifs is 1. The van der Waals surface area contributed by atoms with Crippen LogP contribution < -0.4 is 10.6 Å². The first kappa shape index (κ1) is 26.1. The molecule has 39 heavy (non-hydrogen) atoms. The number of benzene rings is 2. The first-order chi connectivity index (χ1) is 18.9. The van der Waals surface area contributed by atoms with E-state index < -0.39 is 24.6 Å². The first-order valence-corrected chi connectivity index (χ1v) is 12.6. The molecule has 1 aliphatic heterocycles. The number of hydrogen-bond donors (Lipinski definition) is 4. The van der Waals surface area contributed by atoms with Crippen molar-refractivity contribution in [3.63, 3.8) is 0 Å². The Morgan fingerprint density at radius 1 is 1.00 bits per heavy atom. The molecule has 0 saturated carbocycles. The highest BCUT2D eigenvalue weighted by atomic mass is 16.7. The second-order valence-electron chi connectivity index (χ2n) is 9.51. The minimum Gasteiger partial charge on any atom is -0.426 e. The van der Waals surface area contributed by atoms with Crippen molar-refractivity contribution in [1.29, 1.82) is 0 Å². The lowest BCUT2D eigenvalue weighted by Gasteiger charge is -2.28. The van der Waals surface area contributed by atoms with Crippen LogP contribution in [0.5, 0.6) is 0 Å². The summed E-state index contributed by atoms with van der Waals surface area (Å²) in [6, 6.07) is 23.9. The van der Waals surface area contributed by atoms with E-state index in [0.29, 0.717) is 17.1 Å². The summed E-state index contributed by atoms with van der Waals surface area (Å²) in [4.78, 5) is 36.6. The summed E-state index contributed by atoms with van der Waals surface area (Å²) >= 11 is 0. The molecule has 4 N–H and O–H groups in total. The van der Waals surface area contributed by atoms with Gasteiger partial charge in [-0.05, 0) is 29.7 Å². The third-order valence-corrected chi connectivity index (χ3v) is 6.67. The Hall–Kier alpha value is -4.48. The summed E-state index contributed by atoms with van der Waals surface area (Å²) in [7, 11) is -1.78. The number of nitrogens with one attached hydrogen (secondary N) is 2. The van der Waals surface area contributed by atoms with Gasteiger partial charge in [-0.1, -0.05) is 71.9 Å². The Balaban J connectivity index is 1.30. The fourth-order valence-electron chi connectivity index (χ4n) is 4.67. The second kappa shape index (κ2) is 11.5. The zero-order valence-electron chi connectivity index (χ0n) is 21.1. The number of oxime groups is 1. The predicted octanol–water partition coefficient (Wildman–Crippen LogP) is 1.56. The molecular formula is C28H28BN5O5. The largest absolute Gasteiger partial charge is 0.475 e. The first-order valence-electron chi connectivity index (χ1n) is 12.6. The van der Waals surface area contributed by atoms with Crippen molar-refractivity contribution in [3.05, 3.63) is 108 Å². The monoisotopic (exact) mass is 525 g/mol. The van der Waals surface area contributed by atoms with Crippen molar-refractivity contribution in [2.75, 3.05) is 6.54 Å². The normalized spacial score (nSPS) is 17.2. The van der Waals surface area contributed by atoms with Gasteiger partial charge >= 0.3 is 7.12 Å². The maximum Gasteiger partial charge on any atom is 0.475 e. The van der Waals surface area contributed by atoms with Gasteiger partial charge in [-0.15, -0.1) is 0 Å². The van der Waals surface area contributed by atoms with E-state index in [1.165, 1.54) is 0 Å². The van der Waals surface area contributed by atoms with Crippen LogP contribution in [0.2, 0.25) is 0 Å². The Morgan fingerprint density at radius 3 is 2.44 bits per heavy atom. The molecule has 0 saturated heterocycles. The zero-order chi connectivity index (χ0) is 27.2. The van der Waals surface area contributed by atoms with Gasteiger partial charge in [0.15, 0.2) is 0 Å². The number of carbonyl (C=O) groups is 2. The van der Waals surface area contributed by atoms with Crippen LogP contribution in [-0.4, -0.2) is 62.2 Å². The van der Waals surface area contributed by atoms with E-state index in [2.05, 4.69) is 20.8 Å². The summed E-state index contributed by atoms with van der Waals surface area (Å²) in [6.07, 6.45) is 3.86. The Bertz CT molecular complexity index is 1480. The number of nitrogens with zero attached hydrogens (tertiary/aromatic N) is 3. The van der Waals surface area contributed by atoms with Crippen molar-refractivity contribution in [2.45, 2.75) is 30.8 Å². The van der Waals surface area contributed by atoms with Crippen molar-refractivity contribution in [1.82, 2.24) is 20.0 Å². The molecule has 0 radical (unpaired) electrons. The molecule has 2 aromatic carbocycles. The van der Waals surface area contributed by atoms with Gasteiger partial charge in [0, 0.05) is 25.2 Å². The number of pyridine rings is 1. The minimum absolute atomic E-state index is 0.0732. The number of amides is 2. The fourth-order valence-corrected chi connectivity index (χ4v) is 4.67. The predicted molar refractivity (Wildman–Crippen MR) is 146 cm³/mol. The van der Waals surface area contributed by atoms with E-state index >= 15 is 0 Å². The van der Waals surface area contributed by atoms with E-state index in [0.717, 1.165) is 11.1 Å². The van der Waals surface area contributed by atoms with Gasteiger partial charge in [-0.3, -0.25) is 14.0 Å². The van der Waals surface area contributed by atoms with Crippen LogP contribution in [0.15, 0.2) is 96.4 Å². The van der Waals surface area contributed by atoms with Gasteiger partial charge in [-0.2, -0.15) is 0 Å². The standard InChI is InChI=1S/C28H28BN5O5/c35-26(23-12-7-13-25-30-14-15-34(23)25)31-19-22-18-28(39-33-22,17-21-10-5-2-6-11-21)27(36)32-24(29(37)38)16-20-8-3-1-4-9-20/h1-15,24,37-38H,16-19H2,(H,31,35)(H,32,36)/t24-,28?/m0/s1. The SMILES string of the molecule is O=C(NCC1=NOC(Cc2ccccc2)(C(=O)N[C@@H](Cc2ccccc2)B(O)O)C1)c1cccc2nccn12. The Kier molecular flexibility index (Phi) is 7.71. The van der Waals surface area contributed by atoms with Gasteiger partial charge in [0.2, 0.25) is 5.60 Å². The van der Waals surface area contributed by atoms with Gasteiger partial charge in [0.1, 0.15) is 11.3 Å². The molecule has 1 aliphatic rings. The summed E-state index contributed by atoms with van der Waals surface area (Å²) in [5.41, 5.74) is 1.82. The van der Waals surface area contributed by atoms with E-state index in [1.54, 1.807) is 35.0 Å². The molecule has 3 heterocycles. The number of rotatable bonds is 10. The number of aromatic nitrogens is 2. The maximum atomic E-state index is 13.7. The summed E-state index contributed by atoms with van der Waals surface area (Å²) < 4.78 is 1.68. The smallest absolute Gasteiger partial charge is 0.426 e. The number of imidazole rings is 1. The molecule has 198 valence electrons. The molecule has 11 heteroatoms. The molecule has 2 amide bonds. The van der Waals surface area contributed by atoms with Crippen molar-refractivity contribution in [3.8, 4) is 0 Å². The van der Waals surface area contributed by atoms with Gasteiger partial charge in [0.25, 0.3) is 11.8 Å². The number of carbonyl (C=O) groups excluding carboxylic acids is 2.